The molecule has 0 aliphatic carbocycles. The fraction of sp³-hybridized carbons (Fsp3) is 0.250. The van der Waals surface area contributed by atoms with Crippen LogP contribution in [0.1, 0.15) is 24.9 Å². The van der Waals surface area contributed by atoms with Crippen molar-refractivity contribution in [1.82, 2.24) is 0 Å². The number of hydrogen-bond acceptors (Lipinski definition) is 2. The van der Waals surface area contributed by atoms with E-state index in [1.165, 1.54) is 17.7 Å². The number of nitrogens with one attached hydrogen (secondary N) is 1. The lowest BCUT2D eigenvalue weighted by Gasteiger charge is -2.20. The highest BCUT2D eigenvalue weighted by Crippen LogP contribution is 2.27. The van der Waals surface area contributed by atoms with E-state index >= 15 is 0 Å². The summed E-state index contributed by atoms with van der Waals surface area (Å²) in [6.07, 6.45) is 0.944. The third-order valence-corrected chi connectivity index (χ3v) is 4.08. The predicted octanol–water partition coefficient (Wildman–Crippen LogP) is 5.00. The fourth-order valence-corrected chi connectivity index (χ4v) is 2.68. The molecule has 106 valence electrons. The monoisotopic (exact) mass is 385 g/mol. The van der Waals surface area contributed by atoms with E-state index in [1.807, 2.05) is 12.1 Å². The number of methoxy groups -OCH3 is 1. The first-order valence-corrected chi connectivity index (χ1v) is 7.57. The van der Waals surface area contributed by atoms with Crippen molar-refractivity contribution >= 4 is 28.3 Å². The van der Waals surface area contributed by atoms with Gasteiger partial charge in [-0.2, -0.15) is 0 Å². The molecule has 0 aliphatic heterocycles. The molecular formula is C16H17FINO. The normalized spacial score (nSPS) is 12.0. The zero-order valence-electron chi connectivity index (χ0n) is 11.5. The Bertz CT molecular complexity index is 571. The minimum absolute atomic E-state index is 0.194. The van der Waals surface area contributed by atoms with Crippen molar-refractivity contribution < 1.29 is 9.13 Å². The van der Waals surface area contributed by atoms with Gasteiger partial charge in [-0.15, -0.1) is 0 Å². The topological polar surface area (TPSA) is 21.3 Å². The Balaban J connectivity index is 2.19. The zero-order valence-corrected chi connectivity index (χ0v) is 13.6. The Labute approximate surface area is 132 Å². The molecule has 4 heteroatoms. The lowest BCUT2D eigenvalue weighted by Crippen LogP contribution is -2.10. The summed E-state index contributed by atoms with van der Waals surface area (Å²) in [5.41, 5.74) is 2.14. The smallest absolute Gasteiger partial charge is 0.124 e. The first kappa shape index (κ1) is 15.1. The van der Waals surface area contributed by atoms with Crippen molar-refractivity contribution in [3.05, 3.63) is 57.4 Å². The van der Waals surface area contributed by atoms with E-state index in [0.717, 1.165) is 21.4 Å². The average molecular weight is 385 g/mol. The molecule has 1 N–H and O–H groups in total. The molecule has 0 heterocycles. The van der Waals surface area contributed by atoms with Crippen molar-refractivity contribution in [3.63, 3.8) is 0 Å². The van der Waals surface area contributed by atoms with Crippen LogP contribution >= 0.6 is 22.6 Å². The maximum absolute atomic E-state index is 13.1. The first-order valence-electron chi connectivity index (χ1n) is 6.49. The second kappa shape index (κ2) is 6.92. The predicted molar refractivity (Wildman–Crippen MR) is 88.8 cm³/mol. The van der Waals surface area contributed by atoms with Gasteiger partial charge in [0.2, 0.25) is 0 Å². The number of hydrogen-bond donors (Lipinski definition) is 1. The van der Waals surface area contributed by atoms with E-state index in [9.17, 15) is 4.39 Å². The fourth-order valence-electron chi connectivity index (χ4n) is 2.05. The van der Waals surface area contributed by atoms with Gasteiger partial charge in [0.05, 0.1) is 13.2 Å². The van der Waals surface area contributed by atoms with Gasteiger partial charge in [-0.3, -0.25) is 0 Å². The molecule has 0 fully saturated rings. The SMILES string of the molecule is CCC(Nc1ccc(F)cc1I)c1ccc(OC)cc1. The minimum Gasteiger partial charge on any atom is -0.497 e. The molecule has 0 bridgehead atoms. The molecule has 0 radical (unpaired) electrons. The highest BCUT2D eigenvalue weighted by atomic mass is 127. The van der Waals surface area contributed by atoms with Gasteiger partial charge in [0.25, 0.3) is 0 Å². The molecule has 2 aromatic rings. The van der Waals surface area contributed by atoms with Crippen molar-refractivity contribution in [2.45, 2.75) is 19.4 Å². The van der Waals surface area contributed by atoms with Crippen LogP contribution in [0.4, 0.5) is 10.1 Å². The van der Waals surface area contributed by atoms with E-state index in [2.05, 4.69) is 47.0 Å². The molecule has 2 nitrogen and oxygen atoms in total. The first-order chi connectivity index (χ1) is 9.63. The molecule has 0 aromatic heterocycles. The quantitative estimate of drug-likeness (QED) is 0.732. The van der Waals surface area contributed by atoms with E-state index in [1.54, 1.807) is 13.2 Å². The summed E-state index contributed by atoms with van der Waals surface area (Å²) in [4.78, 5) is 0. The molecule has 0 spiro atoms. The summed E-state index contributed by atoms with van der Waals surface area (Å²) in [6, 6.07) is 13.0. The third-order valence-electron chi connectivity index (χ3n) is 3.19. The number of rotatable bonds is 5. The Morgan fingerprint density at radius 2 is 1.90 bits per heavy atom. The lowest BCUT2D eigenvalue weighted by molar-refractivity contribution is 0.414. The van der Waals surface area contributed by atoms with E-state index < -0.39 is 0 Å². The van der Waals surface area contributed by atoms with Crippen LogP contribution < -0.4 is 10.1 Å². The third kappa shape index (κ3) is 3.62. The van der Waals surface area contributed by atoms with Crippen LogP contribution in [0.2, 0.25) is 0 Å². The number of ether oxygens (including phenoxy) is 1. The Morgan fingerprint density at radius 1 is 1.20 bits per heavy atom. The second-order valence-electron chi connectivity index (χ2n) is 4.50. The van der Waals surface area contributed by atoms with Crippen LogP contribution in [-0.4, -0.2) is 7.11 Å². The molecular weight excluding hydrogens is 368 g/mol. The van der Waals surface area contributed by atoms with Gasteiger partial charge < -0.3 is 10.1 Å². The molecule has 0 saturated heterocycles. The van der Waals surface area contributed by atoms with Gasteiger partial charge in [-0.05, 0) is 64.9 Å². The second-order valence-corrected chi connectivity index (χ2v) is 5.66. The van der Waals surface area contributed by atoms with Gasteiger partial charge in [0.15, 0.2) is 0 Å². The molecule has 1 unspecified atom stereocenters. The zero-order chi connectivity index (χ0) is 14.5. The van der Waals surface area contributed by atoms with Crippen LogP contribution in [0, 0.1) is 9.39 Å². The maximum atomic E-state index is 13.1. The lowest BCUT2D eigenvalue weighted by atomic mass is 10.0. The molecule has 1 atom stereocenters. The molecule has 2 aromatic carbocycles. The van der Waals surface area contributed by atoms with Crippen LogP contribution in [0.15, 0.2) is 42.5 Å². The van der Waals surface area contributed by atoms with Gasteiger partial charge >= 0.3 is 0 Å². The van der Waals surface area contributed by atoms with Gasteiger partial charge in [-0.1, -0.05) is 19.1 Å². The molecule has 0 amide bonds. The van der Waals surface area contributed by atoms with E-state index in [-0.39, 0.29) is 11.9 Å². The molecule has 20 heavy (non-hydrogen) atoms. The van der Waals surface area contributed by atoms with Crippen molar-refractivity contribution in [2.24, 2.45) is 0 Å². The van der Waals surface area contributed by atoms with Crippen molar-refractivity contribution in [3.8, 4) is 5.75 Å². The highest BCUT2D eigenvalue weighted by Gasteiger charge is 2.11. The van der Waals surface area contributed by atoms with E-state index in [0.29, 0.717) is 0 Å². The summed E-state index contributed by atoms with van der Waals surface area (Å²) in [6.45, 7) is 2.12. The molecule has 0 aliphatic rings. The summed E-state index contributed by atoms with van der Waals surface area (Å²) in [7, 11) is 1.66. The van der Waals surface area contributed by atoms with Crippen molar-refractivity contribution in [1.29, 1.82) is 0 Å². The Hall–Kier alpha value is -1.30. The average Bonchev–Trinajstić information content (AvgIpc) is 2.47. The maximum Gasteiger partial charge on any atom is 0.124 e. The Morgan fingerprint density at radius 3 is 2.45 bits per heavy atom. The van der Waals surface area contributed by atoms with Gasteiger partial charge in [-0.25, -0.2) is 4.39 Å². The van der Waals surface area contributed by atoms with Crippen LogP contribution in [0.5, 0.6) is 5.75 Å². The van der Waals surface area contributed by atoms with Crippen LogP contribution in [0.3, 0.4) is 0 Å². The number of halogens is 2. The largest absolute Gasteiger partial charge is 0.497 e. The summed E-state index contributed by atoms with van der Waals surface area (Å²) in [5, 5.41) is 3.46. The van der Waals surface area contributed by atoms with E-state index in [4.69, 9.17) is 4.74 Å². The van der Waals surface area contributed by atoms with Gasteiger partial charge in [0, 0.05) is 9.26 Å². The Kier molecular flexibility index (Phi) is 5.23. The number of anilines is 1. The molecule has 0 saturated carbocycles. The summed E-state index contributed by atoms with van der Waals surface area (Å²) < 4.78 is 19.2. The standard InChI is InChI=1S/C16H17FINO/c1-3-15(11-4-7-13(20-2)8-5-11)19-16-9-6-12(17)10-14(16)18/h4-10,15,19H,3H2,1-2H3. The number of benzene rings is 2. The molecule has 2 rings (SSSR count). The summed E-state index contributed by atoms with van der Waals surface area (Å²) in [5.74, 6) is 0.636. The van der Waals surface area contributed by atoms with Crippen LogP contribution in [-0.2, 0) is 0 Å². The highest BCUT2D eigenvalue weighted by molar-refractivity contribution is 14.1. The van der Waals surface area contributed by atoms with Crippen LogP contribution in [0.25, 0.3) is 0 Å². The minimum atomic E-state index is -0.211. The van der Waals surface area contributed by atoms with Gasteiger partial charge in [0.1, 0.15) is 11.6 Å². The van der Waals surface area contributed by atoms with Crippen molar-refractivity contribution in [2.75, 3.05) is 12.4 Å². The summed E-state index contributed by atoms with van der Waals surface area (Å²) >= 11 is 2.14.